The first-order valence-electron chi connectivity index (χ1n) is 3.92. The summed E-state index contributed by atoms with van der Waals surface area (Å²) < 4.78 is 0. The van der Waals surface area contributed by atoms with Crippen molar-refractivity contribution < 1.29 is 4.92 Å². The summed E-state index contributed by atoms with van der Waals surface area (Å²) >= 11 is 0. The molecule has 5 nitrogen and oxygen atoms in total. The smallest absolute Gasteiger partial charge is 0.269 e. The van der Waals surface area contributed by atoms with E-state index in [0.29, 0.717) is 0 Å². The van der Waals surface area contributed by atoms with E-state index < -0.39 is 0 Å². The first-order valence-corrected chi connectivity index (χ1v) is 3.92. The standard InChI is InChI=1S/C8H9N3O2/c1-10-5-6-4-7(11(12)13)2-3-8(6)9-10/h2-5,8-9H,1H3. The van der Waals surface area contributed by atoms with E-state index in [4.69, 9.17) is 0 Å². The molecule has 0 bridgehead atoms. The average Bonchev–Trinajstić information content (AvgIpc) is 2.42. The van der Waals surface area contributed by atoms with Crippen LogP contribution in [0.5, 0.6) is 0 Å². The highest BCUT2D eigenvalue weighted by molar-refractivity contribution is 5.40. The molecule has 13 heavy (non-hydrogen) atoms. The SMILES string of the molecule is CN1C=C2C=C([N+](=O)[O-])C=CC2N1. The predicted molar refractivity (Wildman–Crippen MR) is 47.0 cm³/mol. The van der Waals surface area contributed by atoms with Crippen molar-refractivity contribution in [3.8, 4) is 0 Å². The van der Waals surface area contributed by atoms with Gasteiger partial charge in [0.05, 0.1) is 11.0 Å². The number of fused-ring (bicyclic) bond motifs is 1. The Morgan fingerprint density at radius 1 is 1.69 bits per heavy atom. The molecule has 1 heterocycles. The van der Waals surface area contributed by atoms with Crippen LogP contribution in [-0.4, -0.2) is 23.0 Å². The zero-order chi connectivity index (χ0) is 9.42. The minimum absolute atomic E-state index is 0.0914. The van der Waals surface area contributed by atoms with Gasteiger partial charge in [-0.05, 0) is 5.57 Å². The molecular weight excluding hydrogens is 170 g/mol. The van der Waals surface area contributed by atoms with Crippen molar-refractivity contribution in [2.45, 2.75) is 6.04 Å². The molecule has 0 saturated carbocycles. The van der Waals surface area contributed by atoms with E-state index in [9.17, 15) is 10.1 Å². The van der Waals surface area contributed by atoms with Crippen molar-refractivity contribution in [1.82, 2.24) is 10.4 Å². The Bertz CT molecular complexity index is 343. The molecule has 0 aromatic carbocycles. The number of nitrogens with one attached hydrogen (secondary N) is 1. The number of nitrogens with zero attached hydrogens (tertiary/aromatic N) is 2. The molecule has 68 valence electrons. The van der Waals surface area contributed by atoms with Crippen LogP contribution in [0.1, 0.15) is 0 Å². The highest BCUT2D eigenvalue weighted by atomic mass is 16.6. The van der Waals surface area contributed by atoms with Crippen LogP contribution < -0.4 is 5.43 Å². The fourth-order valence-corrected chi connectivity index (χ4v) is 1.44. The van der Waals surface area contributed by atoms with Crippen molar-refractivity contribution in [3.63, 3.8) is 0 Å². The van der Waals surface area contributed by atoms with Gasteiger partial charge in [-0.3, -0.25) is 10.1 Å². The molecule has 0 aromatic rings. The number of hydrogen-bond acceptors (Lipinski definition) is 4. The molecule has 2 aliphatic rings. The van der Waals surface area contributed by atoms with Gasteiger partial charge in [-0.2, -0.15) is 0 Å². The van der Waals surface area contributed by atoms with Gasteiger partial charge in [0.2, 0.25) is 0 Å². The second-order valence-electron chi connectivity index (χ2n) is 3.03. The molecule has 1 aliphatic carbocycles. The fraction of sp³-hybridized carbons (Fsp3) is 0.250. The minimum Gasteiger partial charge on any atom is -0.318 e. The van der Waals surface area contributed by atoms with E-state index in [1.807, 2.05) is 13.2 Å². The average molecular weight is 179 g/mol. The Morgan fingerprint density at radius 3 is 3.15 bits per heavy atom. The number of rotatable bonds is 1. The maximum Gasteiger partial charge on any atom is 0.269 e. The lowest BCUT2D eigenvalue weighted by Gasteiger charge is -2.13. The maximum atomic E-state index is 10.4. The predicted octanol–water partition coefficient (Wildman–Crippen LogP) is 0.419. The van der Waals surface area contributed by atoms with E-state index in [1.165, 1.54) is 6.08 Å². The monoisotopic (exact) mass is 179 g/mol. The van der Waals surface area contributed by atoms with E-state index in [-0.39, 0.29) is 16.7 Å². The normalized spacial score (nSPS) is 25.3. The maximum absolute atomic E-state index is 10.4. The van der Waals surface area contributed by atoms with E-state index in [0.717, 1.165) is 5.57 Å². The molecule has 0 saturated heterocycles. The van der Waals surface area contributed by atoms with Gasteiger partial charge in [-0.25, -0.2) is 5.43 Å². The molecule has 0 radical (unpaired) electrons. The van der Waals surface area contributed by atoms with Gasteiger partial charge >= 0.3 is 0 Å². The van der Waals surface area contributed by atoms with Gasteiger partial charge in [0.1, 0.15) is 0 Å². The van der Waals surface area contributed by atoms with Crippen LogP contribution in [0, 0.1) is 10.1 Å². The largest absolute Gasteiger partial charge is 0.318 e. The van der Waals surface area contributed by atoms with Gasteiger partial charge < -0.3 is 5.01 Å². The number of hydrogen-bond donors (Lipinski definition) is 1. The fourth-order valence-electron chi connectivity index (χ4n) is 1.44. The Morgan fingerprint density at radius 2 is 2.46 bits per heavy atom. The van der Waals surface area contributed by atoms with Crippen LogP contribution in [0.25, 0.3) is 0 Å². The molecule has 0 amide bonds. The highest BCUT2D eigenvalue weighted by Crippen LogP contribution is 2.21. The highest BCUT2D eigenvalue weighted by Gasteiger charge is 2.24. The summed E-state index contributed by atoms with van der Waals surface area (Å²) in [7, 11) is 1.86. The lowest BCUT2D eigenvalue weighted by Crippen LogP contribution is -2.32. The van der Waals surface area contributed by atoms with E-state index in [2.05, 4.69) is 5.43 Å². The number of allylic oxidation sites excluding steroid dienone is 1. The Kier molecular flexibility index (Phi) is 1.66. The van der Waals surface area contributed by atoms with Crippen LogP contribution in [-0.2, 0) is 0 Å². The van der Waals surface area contributed by atoms with Crippen LogP contribution >= 0.6 is 0 Å². The van der Waals surface area contributed by atoms with Crippen molar-refractivity contribution in [3.05, 3.63) is 45.8 Å². The van der Waals surface area contributed by atoms with Crippen molar-refractivity contribution in [1.29, 1.82) is 0 Å². The summed E-state index contributed by atoms with van der Waals surface area (Å²) in [5.74, 6) is 0. The summed E-state index contributed by atoms with van der Waals surface area (Å²) in [5.41, 5.74) is 4.17. The van der Waals surface area contributed by atoms with Crippen LogP contribution in [0.15, 0.2) is 35.7 Å². The zero-order valence-corrected chi connectivity index (χ0v) is 7.10. The quantitative estimate of drug-likeness (QED) is 0.468. The molecular formula is C8H9N3O2. The summed E-state index contributed by atoms with van der Waals surface area (Å²) in [5, 5.41) is 12.2. The second-order valence-corrected chi connectivity index (χ2v) is 3.03. The number of nitro groups is 1. The third-order valence-electron chi connectivity index (χ3n) is 2.03. The second kappa shape index (κ2) is 2.70. The summed E-state index contributed by atoms with van der Waals surface area (Å²) in [4.78, 5) is 10.1. The van der Waals surface area contributed by atoms with E-state index >= 15 is 0 Å². The van der Waals surface area contributed by atoms with Crippen LogP contribution in [0.2, 0.25) is 0 Å². The van der Waals surface area contributed by atoms with E-state index in [1.54, 1.807) is 17.2 Å². The lowest BCUT2D eigenvalue weighted by molar-refractivity contribution is -0.419. The van der Waals surface area contributed by atoms with Gasteiger partial charge in [0.25, 0.3) is 5.70 Å². The van der Waals surface area contributed by atoms with Crippen LogP contribution in [0.4, 0.5) is 0 Å². The number of hydrazine groups is 1. The van der Waals surface area contributed by atoms with Gasteiger partial charge in [0, 0.05) is 25.4 Å². The molecule has 1 atom stereocenters. The van der Waals surface area contributed by atoms with Crippen LogP contribution in [0.3, 0.4) is 0 Å². The molecule has 1 aliphatic heterocycles. The summed E-state index contributed by atoms with van der Waals surface area (Å²) in [6.07, 6.45) is 6.74. The Balaban J connectivity index is 2.30. The molecule has 0 fully saturated rings. The molecule has 5 heteroatoms. The zero-order valence-electron chi connectivity index (χ0n) is 7.10. The third-order valence-corrected chi connectivity index (χ3v) is 2.03. The van der Waals surface area contributed by atoms with Crippen molar-refractivity contribution in [2.24, 2.45) is 0 Å². The molecule has 1 N–H and O–H groups in total. The molecule has 0 spiro atoms. The molecule has 1 unspecified atom stereocenters. The lowest BCUT2D eigenvalue weighted by atomic mass is 10.0. The van der Waals surface area contributed by atoms with Gasteiger partial charge in [0.15, 0.2) is 0 Å². The Hall–Kier alpha value is -1.62. The third kappa shape index (κ3) is 1.33. The van der Waals surface area contributed by atoms with Crippen molar-refractivity contribution >= 4 is 0 Å². The van der Waals surface area contributed by atoms with Gasteiger partial charge in [-0.1, -0.05) is 6.08 Å². The minimum atomic E-state index is -0.383. The summed E-state index contributed by atoms with van der Waals surface area (Å²) in [6.45, 7) is 0. The first kappa shape index (κ1) is 8.00. The Labute approximate surface area is 75.1 Å². The topological polar surface area (TPSA) is 58.4 Å². The first-order chi connectivity index (χ1) is 6.16. The molecule has 0 aromatic heterocycles. The van der Waals surface area contributed by atoms with Crippen molar-refractivity contribution in [2.75, 3.05) is 7.05 Å². The summed E-state index contributed by atoms with van der Waals surface area (Å²) in [6, 6.07) is 0.0914. The van der Waals surface area contributed by atoms with Gasteiger partial charge in [-0.15, -0.1) is 0 Å². The molecule has 2 rings (SSSR count).